The molecule has 0 bridgehead atoms. The molecular weight excluding hydrogens is 442 g/mol. The maximum atomic E-state index is 13.4. The van der Waals surface area contributed by atoms with Crippen molar-refractivity contribution in [3.8, 4) is 11.8 Å². The predicted octanol–water partition coefficient (Wildman–Crippen LogP) is 4.89. The van der Waals surface area contributed by atoms with Crippen molar-refractivity contribution in [2.75, 3.05) is 12.0 Å². The molecule has 0 saturated carbocycles. The van der Waals surface area contributed by atoms with Crippen LogP contribution in [0.15, 0.2) is 72.4 Å². The summed E-state index contributed by atoms with van der Waals surface area (Å²) in [6.07, 6.45) is 1.56. The fraction of sp³-hybridized carbons (Fsp3) is 0.214. The lowest BCUT2D eigenvalue weighted by molar-refractivity contribution is -0.132. The van der Waals surface area contributed by atoms with Gasteiger partial charge < -0.3 is 9.84 Å². The van der Waals surface area contributed by atoms with Gasteiger partial charge in [-0.3, -0.25) is 19.5 Å². The Morgan fingerprint density at radius 1 is 1.09 bits per heavy atom. The summed E-state index contributed by atoms with van der Waals surface area (Å²) in [5, 5.41) is 20.7. The lowest BCUT2D eigenvalue weighted by atomic mass is 9.85. The van der Waals surface area contributed by atoms with E-state index in [1.807, 2.05) is 32.9 Å². The Morgan fingerprint density at radius 3 is 2.37 bits per heavy atom. The summed E-state index contributed by atoms with van der Waals surface area (Å²) < 4.78 is 5.48. The number of ether oxygens (including phenoxy) is 1. The van der Waals surface area contributed by atoms with Gasteiger partial charge in [-0.05, 0) is 59.5 Å². The van der Waals surface area contributed by atoms with Crippen molar-refractivity contribution in [1.82, 2.24) is 4.98 Å². The Morgan fingerprint density at radius 2 is 1.80 bits per heavy atom. The number of hydrogen-bond donors (Lipinski definition) is 1. The molecule has 2 heterocycles. The number of benzene rings is 2. The monoisotopic (exact) mass is 467 g/mol. The van der Waals surface area contributed by atoms with Gasteiger partial charge in [-0.2, -0.15) is 5.26 Å². The van der Waals surface area contributed by atoms with Gasteiger partial charge in [-0.1, -0.05) is 32.9 Å². The number of aromatic nitrogens is 1. The molecule has 1 fully saturated rings. The van der Waals surface area contributed by atoms with Crippen molar-refractivity contribution in [2.24, 2.45) is 0 Å². The van der Waals surface area contributed by atoms with Gasteiger partial charge in [0.15, 0.2) is 0 Å². The van der Waals surface area contributed by atoms with Crippen LogP contribution >= 0.6 is 0 Å². The molecule has 1 unspecified atom stereocenters. The Bertz CT molecular complexity index is 1360. The van der Waals surface area contributed by atoms with Crippen molar-refractivity contribution in [3.63, 3.8) is 0 Å². The van der Waals surface area contributed by atoms with Crippen LogP contribution in [0.2, 0.25) is 0 Å². The number of rotatable bonds is 4. The molecule has 4 rings (SSSR count). The van der Waals surface area contributed by atoms with Gasteiger partial charge in [0.05, 0.1) is 35.6 Å². The summed E-state index contributed by atoms with van der Waals surface area (Å²) in [7, 11) is 1.48. The second kappa shape index (κ2) is 9.07. The second-order valence-electron chi connectivity index (χ2n) is 9.25. The van der Waals surface area contributed by atoms with Crippen LogP contribution in [0.25, 0.3) is 5.76 Å². The molecule has 7 nitrogen and oxygen atoms in total. The first-order valence-corrected chi connectivity index (χ1v) is 11.1. The number of ketones is 1. The molecule has 3 aromatic rings. The summed E-state index contributed by atoms with van der Waals surface area (Å²) in [6.45, 7) is 6.11. The molecule has 1 aliphatic heterocycles. The largest absolute Gasteiger partial charge is 0.507 e. The van der Waals surface area contributed by atoms with E-state index in [9.17, 15) is 14.7 Å². The summed E-state index contributed by atoms with van der Waals surface area (Å²) >= 11 is 0. The van der Waals surface area contributed by atoms with E-state index in [-0.39, 0.29) is 16.7 Å². The molecule has 1 saturated heterocycles. The Labute approximate surface area is 203 Å². The average Bonchev–Trinajstić information content (AvgIpc) is 3.13. The molecule has 1 amide bonds. The molecule has 1 N–H and O–H groups in total. The van der Waals surface area contributed by atoms with Crippen LogP contribution in [-0.4, -0.2) is 28.9 Å². The lowest BCUT2D eigenvalue weighted by Gasteiger charge is -2.25. The van der Waals surface area contributed by atoms with Gasteiger partial charge in [0.2, 0.25) is 0 Å². The van der Waals surface area contributed by atoms with Crippen LogP contribution in [0.5, 0.6) is 5.75 Å². The number of nitriles is 1. The highest BCUT2D eigenvalue weighted by Gasteiger charge is 2.48. The minimum absolute atomic E-state index is 0.0811. The number of nitrogens with zero attached hydrogens (tertiary/aromatic N) is 3. The van der Waals surface area contributed by atoms with E-state index in [4.69, 9.17) is 10.00 Å². The van der Waals surface area contributed by atoms with E-state index in [1.54, 1.807) is 60.8 Å². The summed E-state index contributed by atoms with van der Waals surface area (Å²) in [4.78, 5) is 32.3. The molecule has 0 aliphatic carbocycles. The zero-order valence-electron chi connectivity index (χ0n) is 19.9. The molecule has 1 aromatic heterocycles. The highest BCUT2D eigenvalue weighted by molar-refractivity contribution is 6.51. The molecule has 0 spiro atoms. The van der Waals surface area contributed by atoms with Crippen LogP contribution in [0.1, 0.15) is 49.2 Å². The number of pyridine rings is 1. The number of hydrogen-bond acceptors (Lipinski definition) is 6. The number of aliphatic hydroxyl groups excluding tert-OH is 1. The molecule has 0 radical (unpaired) electrons. The fourth-order valence-electron chi connectivity index (χ4n) is 4.12. The molecular formula is C28H25N3O4. The summed E-state index contributed by atoms with van der Waals surface area (Å²) in [6, 6.07) is 18.0. The number of Topliss-reactive ketones (excluding diaryl/α,β-unsaturated/α-hetero) is 1. The Balaban J connectivity index is 1.97. The number of methoxy groups -OCH3 is 1. The minimum Gasteiger partial charge on any atom is -0.507 e. The Kier molecular flexibility index (Phi) is 6.14. The zero-order valence-corrected chi connectivity index (χ0v) is 19.9. The SMILES string of the molecule is COc1ccc(C(C)(C)C)cc1/C(O)=C1\C(=O)C(=O)N(c2ccc(C#N)cc2)C1c1ccccn1. The number of anilines is 1. The second-order valence-corrected chi connectivity index (χ2v) is 9.25. The number of carbonyl (C=O) groups is 2. The molecule has 1 atom stereocenters. The highest BCUT2D eigenvalue weighted by Crippen LogP contribution is 2.43. The van der Waals surface area contributed by atoms with E-state index in [2.05, 4.69) is 4.98 Å². The molecule has 7 heteroatoms. The first kappa shape index (κ1) is 23.7. The highest BCUT2D eigenvalue weighted by atomic mass is 16.5. The summed E-state index contributed by atoms with van der Waals surface area (Å²) in [5.41, 5.74) is 2.19. The van der Waals surface area contributed by atoms with Crippen molar-refractivity contribution in [3.05, 3.63) is 94.8 Å². The number of carbonyl (C=O) groups excluding carboxylic acids is 2. The van der Waals surface area contributed by atoms with Crippen molar-refractivity contribution < 1.29 is 19.4 Å². The van der Waals surface area contributed by atoms with Gasteiger partial charge in [0.25, 0.3) is 11.7 Å². The lowest BCUT2D eigenvalue weighted by Crippen LogP contribution is -2.29. The Hall–Kier alpha value is -4.44. The molecule has 176 valence electrons. The van der Waals surface area contributed by atoms with Crippen LogP contribution in [0.3, 0.4) is 0 Å². The number of amides is 1. The van der Waals surface area contributed by atoms with Gasteiger partial charge in [0, 0.05) is 11.9 Å². The van der Waals surface area contributed by atoms with Gasteiger partial charge in [0.1, 0.15) is 17.6 Å². The standard InChI is InChI=1S/C28H25N3O4/c1-28(2,3)18-10-13-22(35-4)20(15-18)25(32)23-24(21-7-5-6-14-30-21)31(27(34)26(23)33)19-11-8-17(16-29)9-12-19/h5-15,24,32H,1-4H3/b25-23+. The van der Waals surface area contributed by atoms with Gasteiger partial charge in [-0.15, -0.1) is 0 Å². The fourth-order valence-corrected chi connectivity index (χ4v) is 4.12. The quantitative estimate of drug-likeness (QED) is 0.333. The smallest absolute Gasteiger partial charge is 0.300 e. The van der Waals surface area contributed by atoms with Crippen LogP contribution in [0, 0.1) is 11.3 Å². The maximum Gasteiger partial charge on any atom is 0.300 e. The van der Waals surface area contributed by atoms with Crippen LogP contribution in [-0.2, 0) is 15.0 Å². The maximum absolute atomic E-state index is 13.4. The van der Waals surface area contributed by atoms with E-state index < -0.39 is 17.7 Å². The van der Waals surface area contributed by atoms with Gasteiger partial charge >= 0.3 is 0 Å². The van der Waals surface area contributed by atoms with Crippen molar-refractivity contribution in [1.29, 1.82) is 5.26 Å². The minimum atomic E-state index is -0.966. The molecule has 1 aliphatic rings. The third kappa shape index (κ3) is 4.26. The van der Waals surface area contributed by atoms with E-state index >= 15 is 0 Å². The van der Waals surface area contributed by atoms with Crippen LogP contribution < -0.4 is 9.64 Å². The summed E-state index contributed by atoms with van der Waals surface area (Å²) in [5.74, 6) is -1.58. The van der Waals surface area contributed by atoms with E-state index in [0.717, 1.165) is 5.56 Å². The third-order valence-electron chi connectivity index (χ3n) is 6.01. The average molecular weight is 468 g/mol. The third-order valence-corrected chi connectivity index (χ3v) is 6.01. The van der Waals surface area contributed by atoms with E-state index in [1.165, 1.54) is 12.0 Å². The number of aliphatic hydroxyl groups is 1. The first-order chi connectivity index (χ1) is 16.7. The first-order valence-electron chi connectivity index (χ1n) is 11.1. The predicted molar refractivity (Wildman–Crippen MR) is 132 cm³/mol. The van der Waals surface area contributed by atoms with Gasteiger partial charge in [-0.25, -0.2) is 0 Å². The zero-order chi connectivity index (χ0) is 25.3. The molecule has 2 aromatic carbocycles. The van der Waals surface area contributed by atoms with E-state index in [0.29, 0.717) is 28.3 Å². The van der Waals surface area contributed by atoms with Crippen LogP contribution in [0.4, 0.5) is 5.69 Å². The van der Waals surface area contributed by atoms with Crippen molar-refractivity contribution >= 4 is 23.1 Å². The van der Waals surface area contributed by atoms with Crippen molar-refractivity contribution in [2.45, 2.75) is 32.2 Å². The topological polar surface area (TPSA) is 104 Å². The normalized spacial score (nSPS) is 17.3. The molecule has 35 heavy (non-hydrogen) atoms.